The maximum absolute atomic E-state index is 14.6. The topological polar surface area (TPSA) is 71.4 Å². The van der Waals surface area contributed by atoms with Crippen LogP contribution in [0.5, 0.6) is 17.2 Å². The minimum absolute atomic E-state index is 0.0669. The highest BCUT2D eigenvalue weighted by atomic mass is 35.5. The van der Waals surface area contributed by atoms with Crippen molar-refractivity contribution in [2.45, 2.75) is 31.8 Å². The fourth-order valence-corrected chi connectivity index (χ4v) is 8.43. The van der Waals surface area contributed by atoms with E-state index in [1.54, 1.807) is 41.7 Å². The van der Waals surface area contributed by atoms with Crippen molar-refractivity contribution >= 4 is 46.6 Å². The molecule has 7 rings (SSSR count). The van der Waals surface area contributed by atoms with Crippen LogP contribution >= 0.6 is 30.7 Å². The van der Waals surface area contributed by atoms with Gasteiger partial charge in [0.25, 0.3) is 0 Å². The second-order valence-electron chi connectivity index (χ2n) is 10.6. The van der Waals surface area contributed by atoms with Gasteiger partial charge in [-0.1, -0.05) is 72.3 Å². The van der Waals surface area contributed by atoms with Gasteiger partial charge in [-0.15, -0.1) is 16.1 Å². The molecule has 1 saturated carbocycles. The summed E-state index contributed by atoms with van der Waals surface area (Å²) in [6.07, 6.45) is 2.52. The van der Waals surface area contributed by atoms with Crippen LogP contribution in [0.2, 0.25) is 5.02 Å². The zero-order valence-electron chi connectivity index (χ0n) is 22.6. The number of halogens is 1. The minimum Gasteiger partial charge on any atom is -0.508 e. The Morgan fingerprint density at radius 3 is 2.19 bits per heavy atom. The number of hydrogen-bond donors (Lipinski definition) is 1. The summed E-state index contributed by atoms with van der Waals surface area (Å²) in [7, 11) is -4.10. The van der Waals surface area contributed by atoms with E-state index in [1.807, 2.05) is 66.7 Å². The van der Waals surface area contributed by atoms with E-state index in [4.69, 9.17) is 25.4 Å². The fourth-order valence-electron chi connectivity index (χ4n) is 5.57. The van der Waals surface area contributed by atoms with Gasteiger partial charge in [-0.3, -0.25) is 0 Å². The molecule has 0 spiro atoms. The Kier molecular flexibility index (Phi) is 7.19. The van der Waals surface area contributed by atoms with Gasteiger partial charge in [-0.25, -0.2) is 4.57 Å². The van der Waals surface area contributed by atoms with E-state index in [0.717, 1.165) is 44.0 Å². The van der Waals surface area contributed by atoms with Gasteiger partial charge in [0, 0.05) is 21.4 Å². The Balaban J connectivity index is 1.36. The monoisotopic (exact) mass is 614 g/mol. The van der Waals surface area contributed by atoms with Crippen LogP contribution in [0.4, 0.5) is 0 Å². The van der Waals surface area contributed by atoms with Gasteiger partial charge >= 0.3 is 7.75 Å². The quantitative estimate of drug-likeness (QED) is 0.176. The van der Waals surface area contributed by atoms with Crippen LogP contribution < -0.4 is 9.05 Å². The molecule has 2 heterocycles. The molecule has 1 atom stereocenters. The molecule has 212 valence electrons. The van der Waals surface area contributed by atoms with E-state index in [-0.39, 0.29) is 11.8 Å². The highest BCUT2D eigenvalue weighted by Gasteiger charge is 2.43. The maximum Gasteiger partial charge on any atom is 0.564 e. The Morgan fingerprint density at radius 1 is 0.905 bits per heavy atom. The predicted octanol–water partition coefficient (Wildman–Crippen LogP) is 9.43. The van der Waals surface area contributed by atoms with E-state index in [9.17, 15) is 9.67 Å². The zero-order valence-corrected chi connectivity index (χ0v) is 25.1. The SMILES string of the molecule is O=P(/N=C1/Cc2ccc(O)cc2C(C2CC2)N1Cc1sc2ccccc2c1Cl)(Oc1ccccc1)Oc1ccccc1. The molecular formula is C33H28ClN2O4PS. The Hall–Kier alpha value is -3.77. The van der Waals surface area contributed by atoms with Crippen LogP contribution in [0.25, 0.3) is 10.1 Å². The summed E-state index contributed by atoms with van der Waals surface area (Å²) in [6, 6.07) is 31.5. The fraction of sp³-hybridized carbons (Fsp3) is 0.182. The number of aromatic hydroxyl groups is 1. The number of phenolic OH excluding ortho intramolecular Hbond substituents is 1. The number of amidine groups is 1. The van der Waals surface area contributed by atoms with Crippen molar-refractivity contribution in [3.63, 3.8) is 0 Å². The van der Waals surface area contributed by atoms with Gasteiger partial charge in [0.15, 0.2) is 0 Å². The third-order valence-corrected chi connectivity index (χ3v) is 10.7. The molecular weight excluding hydrogens is 587 g/mol. The van der Waals surface area contributed by atoms with Gasteiger partial charge in [0.2, 0.25) is 0 Å². The average Bonchev–Trinajstić information content (AvgIpc) is 3.78. The molecule has 9 heteroatoms. The third kappa shape index (κ3) is 5.52. The molecule has 1 aliphatic heterocycles. The van der Waals surface area contributed by atoms with E-state index in [2.05, 4.69) is 11.0 Å². The lowest BCUT2D eigenvalue weighted by molar-refractivity contribution is 0.266. The van der Waals surface area contributed by atoms with Crippen LogP contribution in [0.3, 0.4) is 0 Å². The molecule has 1 aliphatic carbocycles. The van der Waals surface area contributed by atoms with E-state index >= 15 is 0 Å². The first-order valence-corrected chi connectivity index (χ1v) is 16.6. The van der Waals surface area contributed by atoms with Crippen LogP contribution in [0.15, 0.2) is 108 Å². The maximum atomic E-state index is 14.6. The number of benzene rings is 4. The first-order valence-electron chi connectivity index (χ1n) is 13.9. The van der Waals surface area contributed by atoms with Gasteiger partial charge in [0.1, 0.15) is 23.1 Å². The summed E-state index contributed by atoms with van der Waals surface area (Å²) in [4.78, 5) is 3.20. The van der Waals surface area contributed by atoms with Gasteiger partial charge in [-0.2, -0.15) is 0 Å². The molecule has 1 fully saturated rings. The van der Waals surface area contributed by atoms with Crippen LogP contribution in [-0.2, 0) is 17.5 Å². The van der Waals surface area contributed by atoms with Crippen molar-refractivity contribution in [3.05, 3.63) is 124 Å². The molecule has 1 unspecified atom stereocenters. The highest BCUT2D eigenvalue weighted by molar-refractivity contribution is 7.53. The van der Waals surface area contributed by atoms with Crippen molar-refractivity contribution < 1.29 is 18.7 Å². The molecule has 0 radical (unpaired) electrons. The number of para-hydroxylation sites is 2. The molecule has 42 heavy (non-hydrogen) atoms. The van der Waals surface area contributed by atoms with Crippen molar-refractivity contribution in [1.82, 2.24) is 4.90 Å². The summed E-state index contributed by atoms with van der Waals surface area (Å²) < 4.78 is 32.6. The Bertz CT molecular complexity index is 1780. The molecule has 4 aromatic carbocycles. The Labute approximate surface area is 253 Å². The van der Waals surface area contributed by atoms with Gasteiger partial charge < -0.3 is 19.1 Å². The number of nitrogens with zero attached hydrogens (tertiary/aromatic N) is 2. The molecule has 6 nitrogen and oxygen atoms in total. The summed E-state index contributed by atoms with van der Waals surface area (Å²) in [5.74, 6) is 2.01. The number of phenols is 1. The molecule has 5 aromatic rings. The van der Waals surface area contributed by atoms with Crippen molar-refractivity contribution in [1.29, 1.82) is 0 Å². The lowest BCUT2D eigenvalue weighted by atomic mass is 9.88. The number of rotatable bonds is 8. The minimum atomic E-state index is -4.10. The molecule has 1 N–H and O–H groups in total. The number of fused-ring (bicyclic) bond motifs is 2. The largest absolute Gasteiger partial charge is 0.564 e. The summed E-state index contributed by atoms with van der Waals surface area (Å²) in [5, 5.41) is 12.2. The molecule has 2 aliphatic rings. The summed E-state index contributed by atoms with van der Waals surface area (Å²) >= 11 is 8.59. The smallest absolute Gasteiger partial charge is 0.508 e. The van der Waals surface area contributed by atoms with E-state index in [1.165, 1.54) is 0 Å². The molecule has 0 saturated heterocycles. The molecule has 0 bridgehead atoms. The summed E-state index contributed by atoms with van der Waals surface area (Å²) in [5.41, 5.74) is 2.10. The summed E-state index contributed by atoms with van der Waals surface area (Å²) in [6.45, 7) is 0.476. The normalized spacial score (nSPS) is 17.8. The standard InChI is InChI=1S/C33H28ClN2O4PS/c34-32-27-13-7-8-14-29(27)42-30(32)21-36-31(19-23-17-18-24(37)20-28(23)33(36)22-15-16-22)35-41(38,39-25-9-3-1-4-10-25)40-26-11-5-2-6-12-26/h1-14,17-18,20,22,33,37H,15-16,19,21H2/b35-31-. The van der Waals surface area contributed by atoms with Crippen LogP contribution in [-0.4, -0.2) is 15.8 Å². The second kappa shape index (κ2) is 11.1. The predicted molar refractivity (Wildman–Crippen MR) is 169 cm³/mol. The second-order valence-corrected chi connectivity index (χ2v) is 13.6. The van der Waals surface area contributed by atoms with Crippen molar-refractivity contribution in [2.75, 3.05) is 0 Å². The van der Waals surface area contributed by atoms with Crippen molar-refractivity contribution in [3.8, 4) is 17.2 Å². The van der Waals surface area contributed by atoms with Crippen molar-refractivity contribution in [2.24, 2.45) is 10.7 Å². The zero-order chi connectivity index (χ0) is 28.7. The van der Waals surface area contributed by atoms with Crippen LogP contribution in [0.1, 0.15) is 34.9 Å². The van der Waals surface area contributed by atoms with Gasteiger partial charge in [0.05, 0.1) is 17.6 Å². The lowest BCUT2D eigenvalue weighted by Crippen LogP contribution is -2.41. The first kappa shape index (κ1) is 27.1. The number of hydrogen-bond acceptors (Lipinski definition) is 5. The lowest BCUT2D eigenvalue weighted by Gasteiger charge is -2.40. The van der Waals surface area contributed by atoms with E-state index in [0.29, 0.717) is 36.2 Å². The molecule has 1 aromatic heterocycles. The van der Waals surface area contributed by atoms with E-state index < -0.39 is 7.75 Å². The molecule has 0 amide bonds. The third-order valence-electron chi connectivity index (χ3n) is 7.61. The highest BCUT2D eigenvalue weighted by Crippen LogP contribution is 2.54. The van der Waals surface area contributed by atoms with Gasteiger partial charge in [-0.05, 0) is 72.4 Å². The first-order chi connectivity index (χ1) is 20.5. The Morgan fingerprint density at radius 2 is 1.55 bits per heavy atom. The average molecular weight is 615 g/mol. The van der Waals surface area contributed by atoms with Crippen LogP contribution in [0, 0.1) is 5.92 Å². The number of thiophene rings is 1.